The Morgan fingerprint density at radius 1 is 1.35 bits per heavy atom. The van der Waals surface area contributed by atoms with Gasteiger partial charge in [-0.05, 0) is 32.4 Å². The molecular weight excluding hydrogens is 288 g/mol. The van der Waals surface area contributed by atoms with Gasteiger partial charge in [0, 0.05) is 36.1 Å². The molecule has 0 aliphatic rings. The van der Waals surface area contributed by atoms with Crippen molar-refractivity contribution in [3.63, 3.8) is 0 Å². The molecule has 118 valence electrons. The number of nitrogens with one attached hydrogen (secondary N) is 1. The van der Waals surface area contributed by atoms with E-state index in [-0.39, 0.29) is 11.9 Å². The minimum absolute atomic E-state index is 0.0712. The van der Waals surface area contributed by atoms with Crippen LogP contribution in [-0.2, 0) is 0 Å². The lowest BCUT2D eigenvalue weighted by Crippen LogP contribution is -2.29. The lowest BCUT2D eigenvalue weighted by molar-refractivity contribution is 0.0950. The fraction of sp³-hybridized carbons (Fsp3) is 0.278. The molecule has 0 bridgehead atoms. The molecule has 23 heavy (non-hydrogen) atoms. The van der Waals surface area contributed by atoms with Crippen LogP contribution in [0.25, 0.3) is 10.9 Å². The van der Waals surface area contributed by atoms with E-state index in [9.17, 15) is 4.79 Å². The van der Waals surface area contributed by atoms with E-state index in [4.69, 9.17) is 0 Å². The highest BCUT2D eigenvalue weighted by molar-refractivity contribution is 6.06. The average molecular weight is 308 g/mol. The third-order valence-electron chi connectivity index (χ3n) is 4.01. The summed E-state index contributed by atoms with van der Waals surface area (Å²) in [6.45, 7) is 6.51. The van der Waals surface area contributed by atoms with E-state index >= 15 is 0 Å². The van der Waals surface area contributed by atoms with Gasteiger partial charge in [0.1, 0.15) is 0 Å². The van der Waals surface area contributed by atoms with Crippen LogP contribution in [0.5, 0.6) is 0 Å². The molecule has 5 nitrogen and oxygen atoms in total. The molecule has 1 aromatic carbocycles. The number of fused-ring (bicyclic) bond motifs is 1. The zero-order valence-electron chi connectivity index (χ0n) is 13.6. The number of para-hydroxylation sites is 1. The second-order valence-corrected chi connectivity index (χ2v) is 5.85. The van der Waals surface area contributed by atoms with Crippen molar-refractivity contribution in [2.24, 2.45) is 0 Å². The SMILES string of the molecule is Cc1cc(C(=O)NCC(C)n2ccnc2)c2cccc(C)c2n1. The molecule has 3 aromatic rings. The van der Waals surface area contributed by atoms with Crippen molar-refractivity contribution in [2.75, 3.05) is 6.54 Å². The third kappa shape index (κ3) is 3.08. The number of amides is 1. The highest BCUT2D eigenvalue weighted by Crippen LogP contribution is 2.21. The molecule has 2 aromatic heterocycles. The quantitative estimate of drug-likeness (QED) is 0.806. The van der Waals surface area contributed by atoms with Crippen LogP contribution in [0, 0.1) is 13.8 Å². The summed E-state index contributed by atoms with van der Waals surface area (Å²) < 4.78 is 1.97. The fourth-order valence-corrected chi connectivity index (χ4v) is 2.68. The molecule has 1 amide bonds. The van der Waals surface area contributed by atoms with Gasteiger partial charge in [0.05, 0.1) is 17.4 Å². The first kappa shape index (κ1) is 15.2. The number of aryl methyl sites for hydroxylation is 2. The van der Waals surface area contributed by atoms with Crippen molar-refractivity contribution in [3.05, 3.63) is 59.8 Å². The van der Waals surface area contributed by atoms with Crippen molar-refractivity contribution in [1.29, 1.82) is 0 Å². The van der Waals surface area contributed by atoms with Gasteiger partial charge < -0.3 is 9.88 Å². The number of rotatable bonds is 4. The zero-order valence-corrected chi connectivity index (χ0v) is 13.6. The zero-order chi connectivity index (χ0) is 16.4. The van der Waals surface area contributed by atoms with Crippen molar-refractivity contribution in [2.45, 2.75) is 26.8 Å². The maximum atomic E-state index is 12.6. The Labute approximate surface area is 135 Å². The molecule has 1 N–H and O–H groups in total. The summed E-state index contributed by atoms with van der Waals surface area (Å²) in [5.74, 6) is -0.0712. The van der Waals surface area contributed by atoms with E-state index in [1.807, 2.05) is 55.8 Å². The molecule has 0 spiro atoms. The Balaban J connectivity index is 1.85. The molecule has 3 rings (SSSR count). The number of pyridine rings is 1. The monoisotopic (exact) mass is 308 g/mol. The van der Waals surface area contributed by atoms with Gasteiger partial charge in [-0.15, -0.1) is 0 Å². The van der Waals surface area contributed by atoms with Crippen LogP contribution in [0.3, 0.4) is 0 Å². The van der Waals surface area contributed by atoms with Gasteiger partial charge in [-0.3, -0.25) is 9.78 Å². The summed E-state index contributed by atoms with van der Waals surface area (Å²) in [4.78, 5) is 21.2. The van der Waals surface area contributed by atoms with E-state index in [0.29, 0.717) is 12.1 Å². The van der Waals surface area contributed by atoms with Crippen molar-refractivity contribution >= 4 is 16.8 Å². The Kier molecular flexibility index (Phi) is 4.10. The number of carbonyl (C=O) groups excluding carboxylic acids is 1. The number of carbonyl (C=O) groups is 1. The topological polar surface area (TPSA) is 59.8 Å². The number of hydrogen-bond donors (Lipinski definition) is 1. The second kappa shape index (κ2) is 6.20. The van der Waals surface area contributed by atoms with Crippen LogP contribution in [0.15, 0.2) is 43.0 Å². The van der Waals surface area contributed by atoms with Gasteiger partial charge in [-0.2, -0.15) is 0 Å². The van der Waals surface area contributed by atoms with Crippen molar-refractivity contribution in [1.82, 2.24) is 19.9 Å². The summed E-state index contributed by atoms with van der Waals surface area (Å²) in [6, 6.07) is 7.91. The van der Waals surface area contributed by atoms with Gasteiger partial charge in [0.2, 0.25) is 0 Å². The van der Waals surface area contributed by atoms with Gasteiger partial charge >= 0.3 is 0 Å². The van der Waals surface area contributed by atoms with Crippen molar-refractivity contribution < 1.29 is 4.79 Å². The third-order valence-corrected chi connectivity index (χ3v) is 4.01. The molecular formula is C18H20N4O. The summed E-state index contributed by atoms with van der Waals surface area (Å²) in [7, 11) is 0. The molecule has 1 atom stereocenters. The predicted molar refractivity (Wildman–Crippen MR) is 90.5 cm³/mol. The van der Waals surface area contributed by atoms with E-state index in [0.717, 1.165) is 22.2 Å². The molecule has 0 aliphatic carbocycles. The lowest BCUT2D eigenvalue weighted by atomic mass is 10.0. The van der Waals surface area contributed by atoms with E-state index in [1.54, 1.807) is 12.5 Å². The first-order valence-electron chi connectivity index (χ1n) is 7.69. The Morgan fingerprint density at radius 2 is 2.17 bits per heavy atom. The molecule has 0 fully saturated rings. The highest BCUT2D eigenvalue weighted by atomic mass is 16.1. The summed E-state index contributed by atoms with van der Waals surface area (Å²) >= 11 is 0. The predicted octanol–water partition coefficient (Wildman–Crippen LogP) is 3.04. The molecule has 0 saturated heterocycles. The minimum Gasteiger partial charge on any atom is -0.350 e. The molecule has 0 saturated carbocycles. The minimum atomic E-state index is -0.0712. The standard InChI is InChI=1S/C18H20N4O/c1-12-5-4-6-15-16(9-13(2)21-17(12)15)18(23)20-10-14(3)22-8-7-19-11-22/h4-9,11,14H,10H2,1-3H3,(H,20,23). The van der Waals surface area contributed by atoms with E-state index in [1.165, 1.54) is 0 Å². The van der Waals surface area contributed by atoms with E-state index in [2.05, 4.69) is 15.3 Å². The Hall–Kier alpha value is -2.69. The maximum absolute atomic E-state index is 12.6. The summed E-state index contributed by atoms with van der Waals surface area (Å²) in [5.41, 5.74) is 3.49. The number of nitrogens with zero attached hydrogens (tertiary/aromatic N) is 3. The maximum Gasteiger partial charge on any atom is 0.252 e. The molecule has 0 radical (unpaired) electrons. The van der Waals surface area contributed by atoms with Crippen LogP contribution in [-0.4, -0.2) is 27.0 Å². The van der Waals surface area contributed by atoms with Crippen LogP contribution in [0.1, 0.15) is 34.6 Å². The summed E-state index contributed by atoms with van der Waals surface area (Å²) in [6.07, 6.45) is 5.39. The number of hydrogen-bond acceptors (Lipinski definition) is 3. The average Bonchev–Trinajstić information content (AvgIpc) is 3.07. The van der Waals surface area contributed by atoms with E-state index < -0.39 is 0 Å². The van der Waals surface area contributed by atoms with Crippen LogP contribution < -0.4 is 5.32 Å². The van der Waals surface area contributed by atoms with Crippen LogP contribution in [0.4, 0.5) is 0 Å². The Bertz CT molecular complexity index is 840. The number of aromatic nitrogens is 3. The largest absolute Gasteiger partial charge is 0.350 e. The molecule has 2 heterocycles. The fourth-order valence-electron chi connectivity index (χ4n) is 2.68. The number of benzene rings is 1. The first-order valence-corrected chi connectivity index (χ1v) is 7.69. The van der Waals surface area contributed by atoms with Gasteiger partial charge in [-0.25, -0.2) is 4.98 Å². The smallest absolute Gasteiger partial charge is 0.252 e. The second-order valence-electron chi connectivity index (χ2n) is 5.85. The molecule has 1 unspecified atom stereocenters. The highest BCUT2D eigenvalue weighted by Gasteiger charge is 2.14. The molecule has 5 heteroatoms. The van der Waals surface area contributed by atoms with Gasteiger partial charge in [-0.1, -0.05) is 18.2 Å². The Morgan fingerprint density at radius 3 is 2.91 bits per heavy atom. The van der Waals surface area contributed by atoms with Crippen molar-refractivity contribution in [3.8, 4) is 0 Å². The van der Waals surface area contributed by atoms with Gasteiger partial charge in [0.15, 0.2) is 0 Å². The van der Waals surface area contributed by atoms with Gasteiger partial charge in [0.25, 0.3) is 5.91 Å². The van der Waals surface area contributed by atoms with Crippen LogP contribution >= 0.6 is 0 Å². The first-order chi connectivity index (χ1) is 11.1. The summed E-state index contributed by atoms with van der Waals surface area (Å²) in [5, 5.41) is 3.90. The molecule has 0 aliphatic heterocycles. The normalized spacial score (nSPS) is 12.3. The lowest BCUT2D eigenvalue weighted by Gasteiger charge is -2.15. The van der Waals surface area contributed by atoms with Crippen LogP contribution in [0.2, 0.25) is 0 Å². The number of imidazole rings is 1.